The van der Waals surface area contributed by atoms with E-state index in [-0.39, 0.29) is 5.41 Å². The molecule has 0 N–H and O–H groups in total. The molecule has 1 aliphatic carbocycles. The van der Waals surface area contributed by atoms with Gasteiger partial charge in [-0.05, 0) is 39.4 Å². The Morgan fingerprint density at radius 1 is 0.520 bits per heavy atom. The zero-order valence-corrected chi connectivity index (χ0v) is 13.8. The molecule has 4 aromatic rings. The van der Waals surface area contributed by atoms with E-state index in [9.17, 15) is 0 Å². The van der Waals surface area contributed by atoms with Crippen LogP contribution in [0.15, 0.2) is 103 Å². The summed E-state index contributed by atoms with van der Waals surface area (Å²) in [5.74, 6) is 0. The Morgan fingerprint density at radius 3 is 1.68 bits per heavy atom. The summed E-state index contributed by atoms with van der Waals surface area (Å²) in [6, 6.07) is 40.3. The van der Waals surface area contributed by atoms with Gasteiger partial charge in [0.05, 0.1) is 5.41 Å². The molecule has 4 aromatic carbocycles. The van der Waals surface area contributed by atoms with Crippen molar-refractivity contribution in [2.24, 2.45) is 0 Å². The highest BCUT2D eigenvalue weighted by molar-refractivity contribution is 5.86. The van der Waals surface area contributed by atoms with Crippen molar-refractivity contribution in [1.29, 1.82) is 0 Å². The lowest BCUT2D eigenvalue weighted by molar-refractivity contribution is 0.767. The van der Waals surface area contributed by atoms with Crippen LogP contribution in [0.5, 0.6) is 0 Å². The zero-order chi connectivity index (χ0) is 16.7. The van der Waals surface area contributed by atoms with Gasteiger partial charge < -0.3 is 0 Å². The summed E-state index contributed by atoms with van der Waals surface area (Å²) in [6.45, 7) is 0. The van der Waals surface area contributed by atoms with Crippen LogP contribution < -0.4 is 0 Å². The highest BCUT2D eigenvalue weighted by atomic mass is 14.5. The molecule has 5 rings (SSSR count). The maximum atomic E-state index is 3.53. The van der Waals surface area contributed by atoms with E-state index in [0.29, 0.717) is 0 Å². The first-order valence-corrected chi connectivity index (χ1v) is 8.64. The standard InChI is InChI=1S/C25H17/c1-3-11-19(12-4-1)25(20-13-5-2-6-14-20)23-17-9-7-15-21(23)22-16-8-10-18-24(22)25/h1-13,15-18H. The molecule has 0 aliphatic heterocycles. The predicted molar refractivity (Wildman–Crippen MR) is 103 cm³/mol. The van der Waals surface area contributed by atoms with Gasteiger partial charge in [0.2, 0.25) is 0 Å². The molecule has 1 aliphatic rings. The fourth-order valence-electron chi connectivity index (χ4n) is 4.31. The number of hydrogen-bond donors (Lipinski definition) is 0. The van der Waals surface area contributed by atoms with Crippen LogP contribution in [0.25, 0.3) is 11.1 Å². The normalized spacial score (nSPS) is 13.9. The molecule has 0 nitrogen and oxygen atoms in total. The van der Waals surface area contributed by atoms with Crippen molar-refractivity contribution in [3.8, 4) is 11.1 Å². The second kappa shape index (κ2) is 5.46. The molecular formula is C25H17. The molecule has 0 unspecified atom stereocenters. The maximum Gasteiger partial charge on any atom is 0.0719 e. The Bertz CT molecular complexity index is 943. The predicted octanol–water partition coefficient (Wildman–Crippen LogP) is 5.85. The first kappa shape index (κ1) is 14.2. The minimum atomic E-state index is -0.310. The van der Waals surface area contributed by atoms with Gasteiger partial charge in [0.1, 0.15) is 0 Å². The molecule has 0 atom stereocenters. The first-order valence-electron chi connectivity index (χ1n) is 8.64. The van der Waals surface area contributed by atoms with E-state index < -0.39 is 0 Å². The van der Waals surface area contributed by atoms with Gasteiger partial charge in [-0.25, -0.2) is 0 Å². The van der Waals surface area contributed by atoms with E-state index in [2.05, 4.69) is 97.1 Å². The molecule has 0 aromatic heterocycles. The molecule has 0 heterocycles. The Kier molecular flexibility index (Phi) is 3.11. The molecule has 0 bridgehead atoms. The van der Waals surface area contributed by atoms with Crippen LogP contribution in [0.3, 0.4) is 0 Å². The lowest BCUT2D eigenvalue weighted by Gasteiger charge is -2.33. The third kappa shape index (κ3) is 1.88. The van der Waals surface area contributed by atoms with Gasteiger partial charge in [-0.1, -0.05) is 103 Å². The number of hydrogen-bond acceptors (Lipinski definition) is 0. The van der Waals surface area contributed by atoms with Gasteiger partial charge in [0, 0.05) is 0 Å². The molecule has 25 heavy (non-hydrogen) atoms. The second-order valence-electron chi connectivity index (χ2n) is 6.48. The van der Waals surface area contributed by atoms with Gasteiger partial charge in [-0.15, -0.1) is 0 Å². The van der Waals surface area contributed by atoms with Crippen molar-refractivity contribution in [3.63, 3.8) is 0 Å². The summed E-state index contributed by atoms with van der Waals surface area (Å²) >= 11 is 0. The molecule has 0 amide bonds. The van der Waals surface area contributed by atoms with Crippen LogP contribution in [0.4, 0.5) is 0 Å². The molecule has 117 valence electrons. The number of fused-ring (bicyclic) bond motifs is 3. The summed E-state index contributed by atoms with van der Waals surface area (Å²) in [5, 5.41) is 0. The monoisotopic (exact) mass is 317 g/mol. The van der Waals surface area contributed by atoms with Crippen molar-refractivity contribution in [3.05, 3.63) is 131 Å². The van der Waals surface area contributed by atoms with Crippen LogP contribution in [0, 0.1) is 6.07 Å². The van der Waals surface area contributed by atoms with Crippen molar-refractivity contribution in [2.75, 3.05) is 0 Å². The van der Waals surface area contributed by atoms with Gasteiger partial charge in [-0.2, -0.15) is 0 Å². The molecule has 0 heteroatoms. The summed E-state index contributed by atoms with van der Waals surface area (Å²) in [7, 11) is 0. The van der Waals surface area contributed by atoms with Gasteiger partial charge in [0.25, 0.3) is 0 Å². The van der Waals surface area contributed by atoms with E-state index in [4.69, 9.17) is 0 Å². The van der Waals surface area contributed by atoms with Gasteiger partial charge in [-0.3, -0.25) is 0 Å². The topological polar surface area (TPSA) is 0 Å². The SMILES string of the molecule is [c]1ccccc1C1(c2ccccc2)c2ccccc2-c2ccccc21. The Morgan fingerprint density at radius 2 is 1.08 bits per heavy atom. The minimum absolute atomic E-state index is 0.310. The lowest BCUT2D eigenvalue weighted by Crippen LogP contribution is -2.28. The van der Waals surface area contributed by atoms with Crippen molar-refractivity contribution in [2.45, 2.75) is 5.41 Å². The molecule has 1 radical (unpaired) electrons. The van der Waals surface area contributed by atoms with Crippen molar-refractivity contribution < 1.29 is 0 Å². The third-order valence-electron chi connectivity index (χ3n) is 5.27. The summed E-state index contributed by atoms with van der Waals surface area (Å²) in [5.41, 5.74) is 7.48. The molecule has 0 spiro atoms. The van der Waals surface area contributed by atoms with Crippen molar-refractivity contribution >= 4 is 0 Å². The minimum Gasteiger partial charge on any atom is -0.0622 e. The Balaban J connectivity index is 1.98. The first-order chi connectivity index (χ1) is 12.4. The van der Waals surface area contributed by atoms with Crippen molar-refractivity contribution in [1.82, 2.24) is 0 Å². The highest BCUT2D eigenvalue weighted by Gasteiger charge is 2.45. The quantitative estimate of drug-likeness (QED) is 0.383. The number of benzene rings is 4. The van der Waals surface area contributed by atoms with Gasteiger partial charge in [0.15, 0.2) is 0 Å². The number of rotatable bonds is 2. The van der Waals surface area contributed by atoms with E-state index >= 15 is 0 Å². The Hall–Kier alpha value is -3.12. The van der Waals surface area contributed by atoms with Crippen LogP contribution in [-0.4, -0.2) is 0 Å². The van der Waals surface area contributed by atoms with Crippen LogP contribution in [0.1, 0.15) is 22.3 Å². The Labute approximate surface area is 148 Å². The zero-order valence-electron chi connectivity index (χ0n) is 13.8. The smallest absolute Gasteiger partial charge is 0.0622 e. The van der Waals surface area contributed by atoms with Crippen LogP contribution in [-0.2, 0) is 5.41 Å². The summed E-state index contributed by atoms with van der Waals surface area (Å²) < 4.78 is 0. The average Bonchev–Trinajstić information content (AvgIpc) is 3.01. The van der Waals surface area contributed by atoms with Crippen LogP contribution in [0.2, 0.25) is 0 Å². The van der Waals surface area contributed by atoms with Gasteiger partial charge >= 0.3 is 0 Å². The fraction of sp³-hybridized carbons (Fsp3) is 0.0400. The largest absolute Gasteiger partial charge is 0.0719 e. The van der Waals surface area contributed by atoms with E-state index in [1.165, 1.54) is 33.4 Å². The highest BCUT2D eigenvalue weighted by Crippen LogP contribution is 2.55. The molecule has 0 saturated carbocycles. The van der Waals surface area contributed by atoms with E-state index in [1.807, 2.05) is 12.1 Å². The third-order valence-corrected chi connectivity index (χ3v) is 5.27. The van der Waals surface area contributed by atoms with E-state index in [0.717, 1.165) is 0 Å². The second-order valence-corrected chi connectivity index (χ2v) is 6.48. The summed E-state index contributed by atoms with van der Waals surface area (Å²) in [6.07, 6.45) is 0. The molecule has 0 saturated heterocycles. The molecule has 0 fully saturated rings. The van der Waals surface area contributed by atoms with E-state index in [1.54, 1.807) is 0 Å². The lowest BCUT2D eigenvalue weighted by atomic mass is 9.68. The fourth-order valence-corrected chi connectivity index (χ4v) is 4.31. The summed E-state index contributed by atoms with van der Waals surface area (Å²) in [4.78, 5) is 0. The maximum absolute atomic E-state index is 3.53. The average molecular weight is 317 g/mol. The van der Waals surface area contributed by atoms with Crippen LogP contribution >= 0.6 is 0 Å². The molecular weight excluding hydrogens is 300 g/mol.